The molecular formula is C19H16F4N4. The van der Waals surface area contributed by atoms with E-state index in [1.807, 2.05) is 6.07 Å². The molecule has 3 heterocycles. The molecule has 0 saturated carbocycles. The first kappa shape index (κ1) is 17.7. The topological polar surface area (TPSA) is 42.7 Å². The number of aromatic nitrogens is 3. The van der Waals surface area contributed by atoms with Crippen LogP contribution in [0.25, 0.3) is 5.69 Å². The van der Waals surface area contributed by atoms with Crippen LogP contribution >= 0.6 is 0 Å². The van der Waals surface area contributed by atoms with Crippen molar-refractivity contribution in [1.29, 1.82) is 0 Å². The highest BCUT2D eigenvalue weighted by molar-refractivity contribution is 5.38. The first-order valence-electron chi connectivity index (χ1n) is 8.47. The molecule has 0 bridgehead atoms. The van der Waals surface area contributed by atoms with E-state index in [0.717, 1.165) is 48.6 Å². The normalized spacial score (nSPS) is 14.2. The van der Waals surface area contributed by atoms with Crippen molar-refractivity contribution in [2.24, 2.45) is 0 Å². The third-order valence-electron chi connectivity index (χ3n) is 4.53. The molecular weight excluding hydrogens is 360 g/mol. The smallest absolute Gasteiger partial charge is 0.312 e. The zero-order chi connectivity index (χ0) is 19.0. The number of hydrogen-bond acceptors (Lipinski definition) is 3. The Bertz CT molecular complexity index is 978. The molecule has 8 heteroatoms. The van der Waals surface area contributed by atoms with Crippen LogP contribution in [0, 0.1) is 5.82 Å². The number of alkyl halides is 3. The number of benzene rings is 1. The molecule has 1 aliphatic rings. The number of fused-ring (bicyclic) bond motifs is 1. The molecule has 0 unspecified atom stereocenters. The van der Waals surface area contributed by atoms with Crippen LogP contribution in [-0.2, 0) is 25.6 Å². The molecule has 1 N–H and O–H groups in total. The molecule has 1 aromatic carbocycles. The van der Waals surface area contributed by atoms with E-state index in [2.05, 4.69) is 15.4 Å². The SMILES string of the molecule is Fc1cc(Cc2cncc(-n3ncc4c3CCNC4)c2)cc(C(F)(F)F)c1. The van der Waals surface area contributed by atoms with Gasteiger partial charge in [0.25, 0.3) is 0 Å². The second kappa shape index (κ2) is 6.77. The standard InChI is InChI=1S/C19H16F4N4/c20-16-5-12(4-15(7-16)19(21,22)23)3-13-6-17(11-25-8-13)27-18-1-2-24-9-14(18)10-26-27/h4-8,10-11,24H,1-3,9H2. The zero-order valence-electron chi connectivity index (χ0n) is 14.2. The van der Waals surface area contributed by atoms with Gasteiger partial charge in [0, 0.05) is 31.3 Å². The van der Waals surface area contributed by atoms with Crippen LogP contribution in [0.4, 0.5) is 17.6 Å². The van der Waals surface area contributed by atoms with Gasteiger partial charge in [0.15, 0.2) is 0 Å². The Hall–Kier alpha value is -2.74. The average Bonchev–Trinajstić information content (AvgIpc) is 3.05. The van der Waals surface area contributed by atoms with Crippen LogP contribution < -0.4 is 5.32 Å². The van der Waals surface area contributed by atoms with Crippen LogP contribution in [0.3, 0.4) is 0 Å². The predicted octanol–water partition coefficient (Wildman–Crippen LogP) is 3.66. The Morgan fingerprint density at radius 3 is 2.70 bits per heavy atom. The minimum absolute atomic E-state index is 0.146. The van der Waals surface area contributed by atoms with Crippen molar-refractivity contribution in [3.05, 3.63) is 76.6 Å². The van der Waals surface area contributed by atoms with Crippen LogP contribution in [0.5, 0.6) is 0 Å². The van der Waals surface area contributed by atoms with Crippen LogP contribution in [0.15, 0.2) is 42.9 Å². The molecule has 4 rings (SSSR count). The fourth-order valence-corrected chi connectivity index (χ4v) is 3.31. The first-order valence-corrected chi connectivity index (χ1v) is 8.47. The molecule has 1 aliphatic heterocycles. The summed E-state index contributed by atoms with van der Waals surface area (Å²) in [5.74, 6) is -0.905. The third kappa shape index (κ3) is 3.71. The largest absolute Gasteiger partial charge is 0.416 e. The molecule has 140 valence electrons. The highest BCUT2D eigenvalue weighted by atomic mass is 19.4. The van der Waals surface area contributed by atoms with Gasteiger partial charge in [-0.25, -0.2) is 9.07 Å². The van der Waals surface area contributed by atoms with E-state index in [9.17, 15) is 17.6 Å². The second-order valence-electron chi connectivity index (χ2n) is 6.53. The van der Waals surface area contributed by atoms with E-state index in [-0.39, 0.29) is 12.0 Å². The van der Waals surface area contributed by atoms with Crippen molar-refractivity contribution < 1.29 is 17.6 Å². The van der Waals surface area contributed by atoms with Gasteiger partial charge in [-0.1, -0.05) is 0 Å². The fourth-order valence-electron chi connectivity index (χ4n) is 3.31. The van der Waals surface area contributed by atoms with Gasteiger partial charge in [-0.15, -0.1) is 0 Å². The van der Waals surface area contributed by atoms with Crippen LogP contribution in [-0.4, -0.2) is 21.3 Å². The number of hydrogen-bond donors (Lipinski definition) is 1. The molecule has 0 fully saturated rings. The van der Waals surface area contributed by atoms with Crippen LogP contribution in [0.2, 0.25) is 0 Å². The van der Waals surface area contributed by atoms with E-state index >= 15 is 0 Å². The van der Waals surface area contributed by atoms with Gasteiger partial charge in [0.1, 0.15) is 5.82 Å². The Balaban J connectivity index is 1.64. The maximum atomic E-state index is 13.6. The quantitative estimate of drug-likeness (QED) is 0.710. The van der Waals surface area contributed by atoms with Crippen molar-refractivity contribution >= 4 is 0 Å². The van der Waals surface area contributed by atoms with Crippen molar-refractivity contribution in [3.8, 4) is 5.69 Å². The third-order valence-corrected chi connectivity index (χ3v) is 4.53. The lowest BCUT2D eigenvalue weighted by molar-refractivity contribution is -0.137. The molecule has 0 atom stereocenters. The molecule has 0 amide bonds. The molecule has 0 spiro atoms. The van der Waals surface area contributed by atoms with Gasteiger partial charge < -0.3 is 5.32 Å². The van der Waals surface area contributed by atoms with Gasteiger partial charge in [-0.2, -0.15) is 18.3 Å². The van der Waals surface area contributed by atoms with Crippen molar-refractivity contribution in [2.45, 2.75) is 25.6 Å². The summed E-state index contributed by atoms with van der Waals surface area (Å²) in [7, 11) is 0. The van der Waals surface area contributed by atoms with Crippen molar-refractivity contribution in [1.82, 2.24) is 20.1 Å². The number of nitrogens with one attached hydrogen (secondary N) is 1. The molecule has 2 aromatic heterocycles. The summed E-state index contributed by atoms with van der Waals surface area (Å²) < 4.78 is 54.1. The number of halogens is 4. The lowest BCUT2D eigenvalue weighted by atomic mass is 10.0. The highest BCUT2D eigenvalue weighted by Gasteiger charge is 2.31. The average molecular weight is 376 g/mol. The molecule has 4 nitrogen and oxygen atoms in total. The second-order valence-corrected chi connectivity index (χ2v) is 6.53. The number of pyridine rings is 1. The highest BCUT2D eigenvalue weighted by Crippen LogP contribution is 2.31. The summed E-state index contributed by atoms with van der Waals surface area (Å²) in [5, 5.41) is 7.68. The predicted molar refractivity (Wildman–Crippen MR) is 91.0 cm³/mol. The summed E-state index contributed by atoms with van der Waals surface area (Å²) in [6, 6.07) is 4.41. The van der Waals surface area contributed by atoms with E-state index in [4.69, 9.17) is 0 Å². The van der Waals surface area contributed by atoms with E-state index in [0.29, 0.717) is 11.6 Å². The molecule has 27 heavy (non-hydrogen) atoms. The van der Waals surface area contributed by atoms with Crippen molar-refractivity contribution in [3.63, 3.8) is 0 Å². The van der Waals surface area contributed by atoms with E-state index in [1.165, 1.54) is 0 Å². The lowest BCUT2D eigenvalue weighted by Gasteiger charge is -2.15. The van der Waals surface area contributed by atoms with Gasteiger partial charge in [-0.05, 0) is 41.8 Å². The number of rotatable bonds is 3. The number of nitrogens with zero attached hydrogens (tertiary/aromatic N) is 3. The lowest BCUT2D eigenvalue weighted by Crippen LogP contribution is -2.24. The maximum Gasteiger partial charge on any atom is 0.416 e. The van der Waals surface area contributed by atoms with Crippen molar-refractivity contribution in [2.75, 3.05) is 6.54 Å². The van der Waals surface area contributed by atoms with E-state index in [1.54, 1.807) is 23.3 Å². The summed E-state index contributed by atoms with van der Waals surface area (Å²) in [5.41, 5.74) is 2.89. The van der Waals surface area contributed by atoms with E-state index < -0.39 is 17.6 Å². The molecule has 0 saturated heterocycles. The van der Waals surface area contributed by atoms with Gasteiger partial charge in [0.2, 0.25) is 0 Å². The fraction of sp³-hybridized carbons (Fsp3) is 0.263. The zero-order valence-corrected chi connectivity index (χ0v) is 14.2. The van der Waals surface area contributed by atoms with Gasteiger partial charge in [0.05, 0.1) is 29.3 Å². The van der Waals surface area contributed by atoms with Gasteiger partial charge >= 0.3 is 6.18 Å². The summed E-state index contributed by atoms with van der Waals surface area (Å²) >= 11 is 0. The molecule has 0 radical (unpaired) electrons. The minimum atomic E-state index is -4.58. The summed E-state index contributed by atoms with van der Waals surface area (Å²) in [4.78, 5) is 4.19. The first-order chi connectivity index (χ1) is 12.9. The summed E-state index contributed by atoms with van der Waals surface area (Å²) in [6.07, 6.45) is 1.42. The molecule has 0 aliphatic carbocycles. The Kier molecular flexibility index (Phi) is 4.43. The molecule has 3 aromatic rings. The Morgan fingerprint density at radius 2 is 1.89 bits per heavy atom. The monoisotopic (exact) mass is 376 g/mol. The Morgan fingerprint density at radius 1 is 1.04 bits per heavy atom. The summed E-state index contributed by atoms with van der Waals surface area (Å²) in [6.45, 7) is 1.61. The maximum absolute atomic E-state index is 13.6. The minimum Gasteiger partial charge on any atom is -0.312 e. The van der Waals surface area contributed by atoms with Gasteiger partial charge in [-0.3, -0.25) is 4.98 Å². The van der Waals surface area contributed by atoms with Crippen LogP contribution in [0.1, 0.15) is 27.9 Å². The Labute approximate surface area is 152 Å².